The van der Waals surface area contributed by atoms with E-state index in [0.29, 0.717) is 36.9 Å². The summed E-state index contributed by atoms with van der Waals surface area (Å²) in [5.74, 6) is -1.65. The number of likely N-dealkylation sites (N-methyl/N-ethyl adjacent to an activating group) is 1. The third-order valence-electron chi connectivity index (χ3n) is 7.33. The summed E-state index contributed by atoms with van der Waals surface area (Å²) in [5.41, 5.74) is 5.81. The zero-order valence-corrected chi connectivity index (χ0v) is 19.0. The highest BCUT2D eigenvalue weighted by Crippen LogP contribution is 2.52. The van der Waals surface area contributed by atoms with Crippen LogP contribution in [-0.4, -0.2) is 99.4 Å². The van der Waals surface area contributed by atoms with Gasteiger partial charge in [-0.3, -0.25) is 14.5 Å². The van der Waals surface area contributed by atoms with E-state index in [0.717, 1.165) is 13.0 Å². The normalized spacial score (nSPS) is 36.7. The second-order valence-corrected chi connectivity index (χ2v) is 10.7. The average Bonchev–Trinajstić information content (AvgIpc) is 3.38. The van der Waals surface area contributed by atoms with Crippen molar-refractivity contribution < 1.29 is 24.6 Å². The number of fused-ring (bicyclic) bond motifs is 1. The van der Waals surface area contributed by atoms with Crippen LogP contribution in [0.5, 0.6) is 0 Å². The van der Waals surface area contributed by atoms with Gasteiger partial charge in [0.2, 0.25) is 11.8 Å². The molecular weight excluding hydrogens is 420 g/mol. The molecule has 0 aromatic heterocycles. The van der Waals surface area contributed by atoms with E-state index in [1.165, 1.54) is 16.7 Å². The Bertz CT molecular complexity index is 818. The van der Waals surface area contributed by atoms with Gasteiger partial charge in [-0.2, -0.15) is 0 Å². The number of amides is 2. The lowest BCUT2D eigenvalue weighted by Crippen LogP contribution is -2.63. The zero-order valence-electron chi connectivity index (χ0n) is 18.2. The summed E-state index contributed by atoms with van der Waals surface area (Å²) in [6.07, 6.45) is 0.776. The van der Waals surface area contributed by atoms with E-state index in [2.05, 4.69) is 4.90 Å². The van der Waals surface area contributed by atoms with Crippen LogP contribution in [0.1, 0.15) is 26.7 Å². The predicted octanol–water partition coefficient (Wildman–Crippen LogP) is -0.247. The molecule has 0 spiro atoms. The molecule has 0 aromatic carbocycles. The second-order valence-electron chi connectivity index (χ2n) is 9.38. The summed E-state index contributed by atoms with van der Waals surface area (Å²) < 4.78 is 0. The molecule has 3 saturated heterocycles. The van der Waals surface area contributed by atoms with Crippen LogP contribution < -0.4 is 5.73 Å². The lowest BCUT2D eigenvalue weighted by Gasteiger charge is -2.46. The summed E-state index contributed by atoms with van der Waals surface area (Å²) in [4.78, 5) is 43.6. The van der Waals surface area contributed by atoms with Crippen molar-refractivity contribution >= 4 is 29.5 Å². The summed E-state index contributed by atoms with van der Waals surface area (Å²) in [5, 5.41) is 19.9. The number of likely N-dealkylation sites (tertiary alicyclic amines) is 2. The van der Waals surface area contributed by atoms with E-state index in [1.54, 1.807) is 6.92 Å². The van der Waals surface area contributed by atoms with Crippen molar-refractivity contribution in [1.82, 2.24) is 14.7 Å². The molecule has 4 heterocycles. The Hall–Kier alpha value is -1.62. The highest BCUT2D eigenvalue weighted by molar-refractivity contribution is 8.03. The molecule has 4 aliphatic rings. The van der Waals surface area contributed by atoms with E-state index >= 15 is 0 Å². The van der Waals surface area contributed by atoms with Gasteiger partial charge in [0.15, 0.2) is 0 Å². The molecule has 0 radical (unpaired) electrons. The first-order valence-corrected chi connectivity index (χ1v) is 11.9. The molecule has 7 atom stereocenters. The molecule has 0 aliphatic carbocycles. The molecule has 0 saturated carbocycles. The fraction of sp³-hybridized carbons (Fsp3) is 0.762. The average molecular weight is 453 g/mol. The van der Waals surface area contributed by atoms with Gasteiger partial charge in [-0.15, -0.1) is 11.8 Å². The lowest BCUT2D eigenvalue weighted by atomic mass is 9.79. The summed E-state index contributed by atoms with van der Waals surface area (Å²) >= 11 is 1.49. The quantitative estimate of drug-likeness (QED) is 0.471. The largest absolute Gasteiger partial charge is 0.477 e. The van der Waals surface area contributed by atoms with Crippen LogP contribution in [0.25, 0.3) is 0 Å². The Kier molecular flexibility index (Phi) is 6.10. The van der Waals surface area contributed by atoms with E-state index in [-0.39, 0.29) is 40.8 Å². The summed E-state index contributed by atoms with van der Waals surface area (Å²) in [6.45, 7) is 6.23. The van der Waals surface area contributed by atoms with Crippen molar-refractivity contribution in [3.05, 3.63) is 10.6 Å². The Balaban J connectivity index is 1.47. The standard InChI is InChI=1S/C21H32N4O5S/c1-10-16-15(11(2)26)20(28)25(16)17(21(29)30)18(10)31-13-6-14(23(3)9-13)19(27)24-5-4-12(7-22)8-24/h10-16,26H,4-9,22H2,1-3H3,(H,29,30)/t10-,11-,12+,13+,14+,15-,16-/m1/s1. The molecule has 0 aromatic rings. The van der Waals surface area contributed by atoms with Gasteiger partial charge in [-0.1, -0.05) is 6.92 Å². The molecule has 3 fully saturated rings. The number of rotatable bonds is 6. The number of β-lactam (4-membered cyclic amide) rings is 1. The van der Waals surface area contributed by atoms with Crippen LogP contribution in [0, 0.1) is 17.8 Å². The topological polar surface area (TPSA) is 127 Å². The Morgan fingerprint density at radius 1 is 1.32 bits per heavy atom. The molecule has 4 N–H and O–H groups in total. The molecule has 4 rings (SSSR count). The monoisotopic (exact) mass is 452 g/mol. The van der Waals surface area contributed by atoms with Crippen molar-refractivity contribution in [3.8, 4) is 0 Å². The molecule has 2 amide bonds. The number of aliphatic hydroxyl groups excluding tert-OH is 1. The third kappa shape index (κ3) is 3.67. The third-order valence-corrected chi connectivity index (χ3v) is 8.82. The predicted molar refractivity (Wildman–Crippen MR) is 116 cm³/mol. The number of carbonyl (C=O) groups is 3. The number of carbonyl (C=O) groups excluding carboxylic acids is 2. The van der Waals surface area contributed by atoms with Gasteiger partial charge in [0, 0.05) is 35.7 Å². The molecule has 0 bridgehead atoms. The van der Waals surface area contributed by atoms with Crippen molar-refractivity contribution in [2.45, 2.75) is 50.1 Å². The highest BCUT2D eigenvalue weighted by Gasteiger charge is 2.60. The van der Waals surface area contributed by atoms with Gasteiger partial charge < -0.3 is 25.7 Å². The molecule has 172 valence electrons. The van der Waals surface area contributed by atoms with E-state index in [4.69, 9.17) is 5.73 Å². The van der Waals surface area contributed by atoms with E-state index in [9.17, 15) is 24.6 Å². The van der Waals surface area contributed by atoms with Crippen LogP contribution >= 0.6 is 11.8 Å². The number of carboxylic acid groups (broad SMARTS) is 1. The molecule has 4 aliphatic heterocycles. The molecule has 31 heavy (non-hydrogen) atoms. The van der Waals surface area contributed by atoms with Gasteiger partial charge in [-0.05, 0) is 39.3 Å². The minimum absolute atomic E-state index is 0.0483. The number of carboxylic acids is 1. The van der Waals surface area contributed by atoms with Crippen LogP contribution in [0.15, 0.2) is 10.6 Å². The fourth-order valence-electron chi connectivity index (χ4n) is 5.62. The maximum atomic E-state index is 13.1. The van der Waals surface area contributed by atoms with Crippen molar-refractivity contribution in [2.24, 2.45) is 23.5 Å². The van der Waals surface area contributed by atoms with Crippen LogP contribution in [0.4, 0.5) is 0 Å². The van der Waals surface area contributed by atoms with Crippen molar-refractivity contribution in [2.75, 3.05) is 33.2 Å². The van der Waals surface area contributed by atoms with E-state index in [1.807, 2.05) is 18.9 Å². The molecule has 9 nitrogen and oxygen atoms in total. The Labute approximate surface area is 186 Å². The number of thioether (sulfide) groups is 1. The molecule has 10 heteroatoms. The summed E-state index contributed by atoms with van der Waals surface area (Å²) in [7, 11) is 1.93. The minimum Gasteiger partial charge on any atom is -0.477 e. The van der Waals surface area contributed by atoms with Crippen LogP contribution in [0.3, 0.4) is 0 Å². The fourth-order valence-corrected chi connectivity index (χ4v) is 7.22. The number of hydrogen-bond acceptors (Lipinski definition) is 7. The summed E-state index contributed by atoms with van der Waals surface area (Å²) in [6, 6.07) is -0.529. The lowest BCUT2D eigenvalue weighted by molar-refractivity contribution is -0.163. The SMILES string of the molecule is C[C@@H](O)[C@H]1C(=O)N2C(C(=O)O)=C(S[C@H]3C[C@@H](C(=O)N4CC[C@@H](CN)C4)N(C)C3)[C@H](C)[C@H]12. The first-order valence-electron chi connectivity index (χ1n) is 11.0. The highest BCUT2D eigenvalue weighted by atomic mass is 32.2. The number of nitrogens with two attached hydrogens (primary N) is 1. The van der Waals surface area contributed by atoms with Gasteiger partial charge in [0.05, 0.1) is 24.1 Å². The first-order chi connectivity index (χ1) is 14.6. The smallest absolute Gasteiger partial charge is 0.353 e. The van der Waals surface area contributed by atoms with Crippen molar-refractivity contribution in [3.63, 3.8) is 0 Å². The Morgan fingerprint density at radius 3 is 2.61 bits per heavy atom. The Morgan fingerprint density at radius 2 is 2.03 bits per heavy atom. The number of aliphatic hydroxyl groups is 1. The number of nitrogens with zero attached hydrogens (tertiary/aromatic N) is 3. The second kappa shape index (κ2) is 8.38. The molecule has 0 unspecified atom stereocenters. The first kappa shape index (κ1) is 22.6. The zero-order chi connectivity index (χ0) is 22.6. The maximum Gasteiger partial charge on any atom is 0.353 e. The number of aliphatic carboxylic acids is 1. The minimum atomic E-state index is -1.11. The van der Waals surface area contributed by atoms with Crippen molar-refractivity contribution in [1.29, 1.82) is 0 Å². The number of hydrogen-bond donors (Lipinski definition) is 3. The van der Waals surface area contributed by atoms with E-state index < -0.39 is 18.0 Å². The molecular formula is C21H32N4O5S. The maximum absolute atomic E-state index is 13.1. The van der Waals surface area contributed by atoms with Gasteiger partial charge in [0.25, 0.3) is 0 Å². The van der Waals surface area contributed by atoms with Gasteiger partial charge >= 0.3 is 5.97 Å². The van der Waals surface area contributed by atoms with Gasteiger partial charge in [0.1, 0.15) is 5.70 Å². The van der Waals surface area contributed by atoms with Crippen LogP contribution in [-0.2, 0) is 14.4 Å². The van der Waals surface area contributed by atoms with Crippen LogP contribution in [0.2, 0.25) is 0 Å². The van der Waals surface area contributed by atoms with Gasteiger partial charge in [-0.25, -0.2) is 4.79 Å².